The fraction of sp³-hybridized carbons (Fsp3) is 0.412. The summed E-state index contributed by atoms with van der Waals surface area (Å²) < 4.78 is 26.3. The summed E-state index contributed by atoms with van der Waals surface area (Å²) in [7, 11) is -3.18. The number of aromatic nitrogens is 3. The van der Waals surface area contributed by atoms with Crippen LogP contribution in [0.15, 0.2) is 30.6 Å². The second-order valence-corrected chi connectivity index (χ2v) is 8.97. The van der Waals surface area contributed by atoms with Gasteiger partial charge in [-0.05, 0) is 25.0 Å². The Kier molecular flexibility index (Phi) is 4.85. The SMILES string of the molecule is Nc1ncc(N2CCN(S(=O)(=O)C3CC3)CC2)nc1C(=O)Nc1ccccn1.[HH].[HH]. The Labute approximate surface area is 165 Å². The molecule has 2 aromatic rings. The van der Waals surface area contributed by atoms with Crippen molar-refractivity contribution in [2.24, 2.45) is 0 Å². The maximum absolute atomic E-state index is 12.5. The molecule has 0 spiro atoms. The van der Waals surface area contributed by atoms with Gasteiger partial charge in [-0.1, -0.05) is 6.07 Å². The fourth-order valence-electron chi connectivity index (χ4n) is 3.07. The summed E-state index contributed by atoms with van der Waals surface area (Å²) >= 11 is 0. The lowest BCUT2D eigenvalue weighted by Crippen LogP contribution is -2.50. The van der Waals surface area contributed by atoms with Crippen LogP contribution in [0.1, 0.15) is 26.2 Å². The average molecular weight is 408 g/mol. The molecule has 28 heavy (non-hydrogen) atoms. The number of piperazine rings is 1. The third-order valence-electron chi connectivity index (χ3n) is 4.78. The van der Waals surface area contributed by atoms with Crippen LogP contribution in [-0.2, 0) is 10.0 Å². The van der Waals surface area contributed by atoms with Gasteiger partial charge in [-0.3, -0.25) is 4.79 Å². The molecule has 0 radical (unpaired) electrons. The molecule has 1 amide bonds. The van der Waals surface area contributed by atoms with E-state index in [9.17, 15) is 13.2 Å². The zero-order valence-corrected chi connectivity index (χ0v) is 16.0. The number of hydrogen-bond acceptors (Lipinski definition) is 8. The molecular formula is C17H25N7O3S. The number of nitrogens with one attached hydrogen (secondary N) is 1. The molecule has 2 aliphatic rings. The van der Waals surface area contributed by atoms with Crippen LogP contribution in [0.25, 0.3) is 0 Å². The van der Waals surface area contributed by atoms with Crippen molar-refractivity contribution in [1.82, 2.24) is 19.3 Å². The molecule has 4 rings (SSSR count). The van der Waals surface area contributed by atoms with Gasteiger partial charge in [-0.2, -0.15) is 4.31 Å². The summed E-state index contributed by atoms with van der Waals surface area (Å²) in [5, 5.41) is 2.43. The number of hydrogen-bond donors (Lipinski definition) is 2. The first-order valence-corrected chi connectivity index (χ1v) is 10.5. The van der Waals surface area contributed by atoms with E-state index >= 15 is 0 Å². The largest absolute Gasteiger partial charge is 0.382 e. The van der Waals surface area contributed by atoms with Crippen molar-refractivity contribution >= 4 is 33.4 Å². The number of carbonyl (C=O) groups excluding carboxylic acids is 1. The van der Waals surface area contributed by atoms with Crippen LogP contribution in [-0.4, -0.2) is 65.0 Å². The first kappa shape index (κ1) is 18.6. The molecule has 1 saturated heterocycles. The van der Waals surface area contributed by atoms with E-state index in [1.165, 1.54) is 6.20 Å². The van der Waals surface area contributed by atoms with Crippen molar-refractivity contribution in [3.8, 4) is 0 Å². The number of sulfonamides is 1. The van der Waals surface area contributed by atoms with Crippen molar-refractivity contribution in [3.05, 3.63) is 36.3 Å². The molecule has 0 bridgehead atoms. The molecule has 2 fully saturated rings. The summed E-state index contributed by atoms with van der Waals surface area (Å²) in [4.78, 5) is 26.9. The Hall–Kier alpha value is -2.79. The van der Waals surface area contributed by atoms with Crippen molar-refractivity contribution in [3.63, 3.8) is 0 Å². The van der Waals surface area contributed by atoms with Crippen molar-refractivity contribution in [2.75, 3.05) is 42.1 Å². The predicted octanol–water partition coefficient (Wildman–Crippen LogP) is 0.812. The van der Waals surface area contributed by atoms with Crippen LogP contribution in [0.4, 0.5) is 17.5 Å². The lowest BCUT2D eigenvalue weighted by atomic mass is 10.3. The molecule has 0 unspecified atom stereocenters. The highest BCUT2D eigenvalue weighted by atomic mass is 32.2. The van der Waals surface area contributed by atoms with Crippen LogP contribution in [0.2, 0.25) is 0 Å². The summed E-state index contributed by atoms with van der Waals surface area (Å²) in [5.41, 5.74) is 5.84. The average Bonchev–Trinajstić information content (AvgIpc) is 3.55. The standard InChI is InChI=1S/C17H21N7O3S.2H2/c18-16-15(17(25)21-13-3-1-2-6-19-13)22-14(11-20-16)23-7-9-24(10-8-23)28(26,27)12-4-5-12;;/h1-3,6,11-12H,4-5,7-10H2,(H2,18,20)(H,19,21,25);2*1H. The number of nitrogens with zero attached hydrogens (tertiary/aromatic N) is 5. The minimum Gasteiger partial charge on any atom is -0.382 e. The first-order valence-electron chi connectivity index (χ1n) is 9.04. The van der Waals surface area contributed by atoms with Crippen LogP contribution < -0.4 is 16.0 Å². The van der Waals surface area contributed by atoms with Gasteiger partial charge in [0.05, 0.1) is 11.4 Å². The fourth-order valence-corrected chi connectivity index (χ4v) is 4.89. The van der Waals surface area contributed by atoms with Crippen LogP contribution >= 0.6 is 0 Å². The van der Waals surface area contributed by atoms with Gasteiger partial charge < -0.3 is 16.0 Å². The molecule has 10 nitrogen and oxygen atoms in total. The van der Waals surface area contributed by atoms with Gasteiger partial charge >= 0.3 is 0 Å². The number of pyridine rings is 1. The molecule has 1 aliphatic heterocycles. The van der Waals surface area contributed by atoms with Crippen LogP contribution in [0.3, 0.4) is 0 Å². The van der Waals surface area contributed by atoms with Gasteiger partial charge in [0.1, 0.15) is 11.6 Å². The van der Waals surface area contributed by atoms with E-state index < -0.39 is 15.9 Å². The number of amides is 1. The van der Waals surface area contributed by atoms with Crippen LogP contribution in [0, 0.1) is 0 Å². The Balaban J connectivity index is 0.00000160. The lowest BCUT2D eigenvalue weighted by Gasteiger charge is -2.34. The molecule has 1 aliphatic carbocycles. The Morgan fingerprint density at radius 2 is 1.93 bits per heavy atom. The zero-order valence-electron chi connectivity index (χ0n) is 15.2. The maximum Gasteiger partial charge on any atom is 0.279 e. The van der Waals surface area contributed by atoms with Gasteiger partial charge in [-0.15, -0.1) is 0 Å². The molecular weight excluding hydrogens is 382 g/mol. The molecule has 11 heteroatoms. The Morgan fingerprint density at radius 1 is 1.18 bits per heavy atom. The molecule has 1 saturated carbocycles. The van der Waals surface area contributed by atoms with E-state index in [2.05, 4.69) is 20.3 Å². The second kappa shape index (κ2) is 7.32. The molecule has 3 N–H and O–H groups in total. The molecule has 152 valence electrons. The second-order valence-electron chi connectivity index (χ2n) is 6.76. The van der Waals surface area contributed by atoms with E-state index in [-0.39, 0.29) is 19.6 Å². The zero-order chi connectivity index (χ0) is 19.7. The van der Waals surface area contributed by atoms with Crippen molar-refractivity contribution in [1.29, 1.82) is 0 Å². The number of nitrogen functional groups attached to an aromatic ring is 1. The lowest BCUT2D eigenvalue weighted by molar-refractivity contribution is 0.102. The predicted molar refractivity (Wildman–Crippen MR) is 109 cm³/mol. The molecule has 3 heterocycles. The normalized spacial score (nSPS) is 18.1. The summed E-state index contributed by atoms with van der Waals surface area (Å²) in [6, 6.07) is 5.15. The minimum absolute atomic E-state index is 0. The number of rotatable bonds is 5. The van der Waals surface area contributed by atoms with Gasteiger partial charge in [0.15, 0.2) is 11.5 Å². The number of carbonyl (C=O) groups is 1. The van der Waals surface area contributed by atoms with Crippen LogP contribution in [0.5, 0.6) is 0 Å². The Morgan fingerprint density at radius 3 is 2.57 bits per heavy atom. The molecule has 2 aromatic heterocycles. The van der Waals surface area contributed by atoms with E-state index in [0.717, 1.165) is 12.8 Å². The van der Waals surface area contributed by atoms with E-state index in [4.69, 9.17) is 5.73 Å². The summed E-state index contributed by atoms with van der Waals surface area (Å²) in [5.74, 6) is 0.398. The van der Waals surface area contributed by atoms with E-state index in [1.54, 1.807) is 28.7 Å². The number of nitrogens with two attached hydrogens (primary N) is 1. The minimum atomic E-state index is -3.18. The maximum atomic E-state index is 12.5. The van der Waals surface area contributed by atoms with Gasteiger partial charge in [0, 0.05) is 35.2 Å². The van der Waals surface area contributed by atoms with Gasteiger partial charge in [-0.25, -0.2) is 23.4 Å². The summed E-state index contributed by atoms with van der Waals surface area (Å²) in [6.07, 6.45) is 4.57. The highest BCUT2D eigenvalue weighted by Crippen LogP contribution is 2.31. The Bertz CT molecular complexity index is 982. The smallest absolute Gasteiger partial charge is 0.279 e. The monoisotopic (exact) mass is 407 g/mol. The molecule has 0 aromatic carbocycles. The number of anilines is 3. The first-order chi connectivity index (χ1) is 13.4. The highest BCUT2D eigenvalue weighted by Gasteiger charge is 2.41. The van der Waals surface area contributed by atoms with Gasteiger partial charge in [0.25, 0.3) is 5.91 Å². The topological polar surface area (TPSA) is 134 Å². The van der Waals surface area contributed by atoms with Crippen molar-refractivity contribution in [2.45, 2.75) is 18.1 Å². The van der Waals surface area contributed by atoms with E-state index in [1.807, 2.05) is 4.90 Å². The summed E-state index contributed by atoms with van der Waals surface area (Å²) in [6.45, 7) is 1.73. The van der Waals surface area contributed by atoms with E-state index in [0.29, 0.717) is 37.8 Å². The van der Waals surface area contributed by atoms with Gasteiger partial charge in [0.2, 0.25) is 10.0 Å². The quantitative estimate of drug-likeness (QED) is 0.744. The van der Waals surface area contributed by atoms with Crippen molar-refractivity contribution < 1.29 is 16.1 Å². The molecule has 0 atom stereocenters. The third kappa shape index (κ3) is 3.76. The highest BCUT2D eigenvalue weighted by molar-refractivity contribution is 7.90. The third-order valence-corrected chi connectivity index (χ3v) is 7.18.